The summed E-state index contributed by atoms with van der Waals surface area (Å²) in [5.74, 6) is 1.67. The number of benzene rings is 2. The predicted molar refractivity (Wildman–Crippen MR) is 139 cm³/mol. The third-order valence-electron chi connectivity index (χ3n) is 7.47. The van der Waals surface area contributed by atoms with Crippen molar-refractivity contribution in [1.82, 2.24) is 24.0 Å². The van der Waals surface area contributed by atoms with E-state index in [0.717, 1.165) is 38.4 Å². The monoisotopic (exact) mass is 529 g/mol. The number of amides is 1. The van der Waals surface area contributed by atoms with Crippen LogP contribution in [0.4, 0.5) is 4.79 Å². The van der Waals surface area contributed by atoms with Crippen molar-refractivity contribution in [3.8, 4) is 11.5 Å². The number of hydrogen-bond acceptors (Lipinski definition) is 8. The lowest BCUT2D eigenvalue weighted by atomic mass is 9.93. The molecule has 39 heavy (non-hydrogen) atoms. The van der Waals surface area contributed by atoms with Crippen LogP contribution in [0.25, 0.3) is 5.65 Å². The lowest BCUT2D eigenvalue weighted by molar-refractivity contribution is -0.0165. The third kappa shape index (κ3) is 4.34. The third-order valence-corrected chi connectivity index (χ3v) is 7.47. The highest BCUT2D eigenvalue weighted by molar-refractivity contribution is 5.76. The van der Waals surface area contributed by atoms with Gasteiger partial charge in [0.05, 0.1) is 19.3 Å². The van der Waals surface area contributed by atoms with Gasteiger partial charge in [-0.2, -0.15) is 0 Å². The molecule has 2 aromatic heterocycles. The molecule has 11 nitrogen and oxygen atoms in total. The van der Waals surface area contributed by atoms with Gasteiger partial charge in [-0.25, -0.2) is 14.0 Å². The Bertz CT molecular complexity index is 1550. The van der Waals surface area contributed by atoms with Gasteiger partial charge in [0.1, 0.15) is 11.5 Å². The van der Waals surface area contributed by atoms with Gasteiger partial charge in [-0.1, -0.05) is 18.2 Å². The van der Waals surface area contributed by atoms with Gasteiger partial charge in [-0.15, -0.1) is 9.78 Å². The van der Waals surface area contributed by atoms with Crippen molar-refractivity contribution in [2.24, 2.45) is 0 Å². The fourth-order valence-electron chi connectivity index (χ4n) is 5.53. The van der Waals surface area contributed by atoms with Crippen molar-refractivity contribution in [2.45, 2.75) is 19.3 Å². The maximum atomic E-state index is 13.3. The molecule has 0 N–H and O–H groups in total. The van der Waals surface area contributed by atoms with Crippen LogP contribution in [0.2, 0.25) is 0 Å². The lowest BCUT2D eigenvalue weighted by Crippen LogP contribution is -2.52. The Kier molecular flexibility index (Phi) is 6.03. The molecule has 11 heteroatoms. The Morgan fingerprint density at radius 1 is 0.821 bits per heavy atom. The van der Waals surface area contributed by atoms with Crippen LogP contribution < -0.4 is 15.2 Å². The Balaban J connectivity index is 1.17. The number of fused-ring (bicyclic) bond motifs is 3. The number of carbonyl (C=O) groups is 1. The molecule has 0 atom stereocenters. The Morgan fingerprint density at radius 3 is 2.08 bits per heavy atom. The van der Waals surface area contributed by atoms with Crippen molar-refractivity contribution >= 4 is 11.7 Å². The molecule has 3 aliphatic heterocycles. The van der Waals surface area contributed by atoms with Gasteiger partial charge in [-0.05, 0) is 47.5 Å². The van der Waals surface area contributed by atoms with E-state index >= 15 is 0 Å². The molecule has 0 saturated carbocycles. The number of aromatic nitrogens is 3. The summed E-state index contributed by atoms with van der Waals surface area (Å²) in [4.78, 5) is 30.1. The van der Waals surface area contributed by atoms with E-state index in [1.165, 1.54) is 4.40 Å². The minimum atomic E-state index is -0.465. The van der Waals surface area contributed by atoms with E-state index in [9.17, 15) is 9.59 Å². The molecule has 1 saturated heterocycles. The molecule has 0 spiro atoms. The van der Waals surface area contributed by atoms with Gasteiger partial charge >= 0.3 is 11.7 Å². The van der Waals surface area contributed by atoms with Crippen molar-refractivity contribution in [3.05, 3.63) is 93.5 Å². The highest BCUT2D eigenvalue weighted by Gasteiger charge is 2.31. The SMILES string of the molecule is O=C(N1CCN(C(c2ccc3c(c2)COCO3)c2ccc3c(c2)COCO3)CC1)n1nc2ccccn2c1=O. The van der Waals surface area contributed by atoms with Gasteiger partial charge in [-0.3, -0.25) is 4.90 Å². The second kappa shape index (κ2) is 9.84. The number of carbonyl (C=O) groups excluding carboxylic acids is 1. The molecule has 7 rings (SSSR count). The normalized spacial score (nSPS) is 17.4. The smallest absolute Gasteiger partial charge is 0.359 e. The quantitative estimate of drug-likeness (QED) is 0.400. The van der Waals surface area contributed by atoms with Gasteiger partial charge < -0.3 is 23.8 Å². The minimum absolute atomic E-state index is 0.0698. The number of rotatable bonds is 3. The summed E-state index contributed by atoms with van der Waals surface area (Å²) in [5.41, 5.74) is 4.21. The lowest BCUT2D eigenvalue weighted by Gasteiger charge is -2.40. The summed E-state index contributed by atoms with van der Waals surface area (Å²) in [6, 6.07) is 17.2. The van der Waals surface area contributed by atoms with Gasteiger partial charge in [0.25, 0.3) is 0 Å². The molecule has 2 aromatic carbocycles. The second-order valence-corrected chi connectivity index (χ2v) is 9.79. The number of hydrogen-bond donors (Lipinski definition) is 0. The van der Waals surface area contributed by atoms with Crippen LogP contribution in [0.3, 0.4) is 0 Å². The number of nitrogens with zero attached hydrogens (tertiary/aromatic N) is 5. The molecule has 5 heterocycles. The zero-order valence-corrected chi connectivity index (χ0v) is 21.2. The van der Waals surface area contributed by atoms with E-state index in [0.29, 0.717) is 45.0 Å². The zero-order valence-electron chi connectivity index (χ0n) is 21.2. The van der Waals surface area contributed by atoms with E-state index in [2.05, 4.69) is 34.3 Å². The number of piperazine rings is 1. The number of ether oxygens (including phenoxy) is 4. The summed E-state index contributed by atoms with van der Waals surface area (Å²) < 4.78 is 24.7. The summed E-state index contributed by atoms with van der Waals surface area (Å²) in [5, 5.41) is 4.23. The molecule has 1 fully saturated rings. The molecular formula is C28H27N5O6. The van der Waals surface area contributed by atoms with E-state index in [1.807, 2.05) is 12.1 Å². The standard InChI is InChI=1S/C28H27N5O6/c34-27(33-28(35)32-8-2-1-3-25(32)29-33)31-11-9-30(10-12-31)26(19-4-6-23-21(13-19)15-36-17-38-23)20-5-7-24-22(14-20)16-37-18-39-24/h1-8,13-14,26H,9-12,15-18H2. The Hall–Kier alpha value is -4.19. The number of pyridine rings is 1. The predicted octanol–water partition coefficient (Wildman–Crippen LogP) is 2.60. The first-order valence-electron chi connectivity index (χ1n) is 12.9. The Labute approximate surface area is 223 Å². The summed E-state index contributed by atoms with van der Waals surface area (Å²) >= 11 is 0. The van der Waals surface area contributed by atoms with E-state index in [4.69, 9.17) is 18.9 Å². The maximum Gasteiger partial charge on any atom is 0.359 e. The Morgan fingerprint density at radius 2 is 1.46 bits per heavy atom. The molecule has 4 aromatic rings. The van der Waals surface area contributed by atoms with Gasteiger partial charge in [0.2, 0.25) is 0 Å². The van der Waals surface area contributed by atoms with Crippen LogP contribution in [0.1, 0.15) is 28.3 Å². The van der Waals surface area contributed by atoms with Crippen molar-refractivity contribution in [2.75, 3.05) is 39.8 Å². The minimum Gasteiger partial charge on any atom is -0.467 e. The fraction of sp³-hybridized carbons (Fsp3) is 0.321. The van der Waals surface area contributed by atoms with Crippen molar-refractivity contribution in [3.63, 3.8) is 0 Å². The molecule has 0 unspecified atom stereocenters. The molecule has 3 aliphatic rings. The molecule has 0 aliphatic carbocycles. The average molecular weight is 530 g/mol. The first-order valence-corrected chi connectivity index (χ1v) is 12.9. The van der Waals surface area contributed by atoms with Crippen LogP contribution in [-0.4, -0.2) is 69.8 Å². The highest BCUT2D eigenvalue weighted by Crippen LogP contribution is 2.36. The maximum absolute atomic E-state index is 13.3. The first-order chi connectivity index (χ1) is 19.2. The summed E-state index contributed by atoms with van der Waals surface area (Å²) in [7, 11) is 0. The van der Waals surface area contributed by atoms with Crippen LogP contribution in [0, 0.1) is 0 Å². The van der Waals surface area contributed by atoms with Crippen molar-refractivity contribution < 1.29 is 23.7 Å². The van der Waals surface area contributed by atoms with Crippen LogP contribution in [0.15, 0.2) is 65.6 Å². The highest BCUT2D eigenvalue weighted by atomic mass is 16.7. The van der Waals surface area contributed by atoms with Gasteiger partial charge in [0, 0.05) is 43.5 Å². The molecular weight excluding hydrogens is 502 g/mol. The average Bonchev–Trinajstić information content (AvgIpc) is 3.33. The topological polar surface area (TPSA) is 99.8 Å². The molecule has 200 valence electrons. The van der Waals surface area contributed by atoms with Crippen LogP contribution in [0.5, 0.6) is 11.5 Å². The van der Waals surface area contributed by atoms with Crippen molar-refractivity contribution in [1.29, 1.82) is 0 Å². The van der Waals surface area contributed by atoms with E-state index in [-0.39, 0.29) is 19.6 Å². The largest absolute Gasteiger partial charge is 0.467 e. The van der Waals surface area contributed by atoms with E-state index in [1.54, 1.807) is 29.3 Å². The second-order valence-electron chi connectivity index (χ2n) is 9.79. The summed E-state index contributed by atoms with van der Waals surface area (Å²) in [6.45, 7) is 3.67. The fourth-order valence-corrected chi connectivity index (χ4v) is 5.53. The van der Waals surface area contributed by atoms with E-state index < -0.39 is 11.7 Å². The van der Waals surface area contributed by atoms with Gasteiger partial charge in [0.15, 0.2) is 19.2 Å². The molecule has 0 radical (unpaired) electrons. The first kappa shape index (κ1) is 23.9. The molecule has 0 bridgehead atoms. The zero-order chi connectivity index (χ0) is 26.3. The molecule has 1 amide bonds. The summed E-state index contributed by atoms with van der Waals surface area (Å²) in [6.07, 6.45) is 1.61. The van der Waals surface area contributed by atoms with Crippen LogP contribution >= 0.6 is 0 Å². The van der Waals surface area contributed by atoms with Crippen LogP contribution in [-0.2, 0) is 22.7 Å².